The first-order valence-corrected chi connectivity index (χ1v) is 8.79. The molecule has 1 heterocycles. The fourth-order valence-electron chi connectivity index (χ4n) is 2.57. The third kappa shape index (κ3) is 3.95. The number of fused-ring (bicyclic) bond motifs is 1. The largest absolute Gasteiger partial charge is 0.462 e. The summed E-state index contributed by atoms with van der Waals surface area (Å²) in [6.45, 7) is 3.93. The average Bonchev–Trinajstić information content (AvgIpc) is 2.94. The van der Waals surface area contributed by atoms with Gasteiger partial charge in [0.2, 0.25) is 0 Å². The lowest BCUT2D eigenvalue weighted by molar-refractivity contribution is -0.138. The Kier molecular flexibility index (Phi) is 6.38. The summed E-state index contributed by atoms with van der Waals surface area (Å²) in [5.41, 5.74) is 1.40. The summed E-state index contributed by atoms with van der Waals surface area (Å²) < 4.78 is 9.99. The number of hydrogen-bond donors (Lipinski definition) is 1. The predicted molar refractivity (Wildman–Crippen MR) is 90.9 cm³/mol. The maximum Gasteiger partial charge on any atom is 0.350 e. The molecule has 1 N–H and O–H groups in total. The van der Waals surface area contributed by atoms with Gasteiger partial charge in [0.1, 0.15) is 11.1 Å². The highest BCUT2D eigenvalue weighted by Crippen LogP contribution is 2.38. The predicted octanol–water partition coefficient (Wildman–Crippen LogP) is 3.19. The Hall–Kier alpha value is -2.33. The fourth-order valence-corrected chi connectivity index (χ4v) is 3.82. The van der Waals surface area contributed by atoms with E-state index < -0.39 is 5.97 Å². The highest BCUT2D eigenvalue weighted by atomic mass is 32.1. The molecule has 24 heavy (non-hydrogen) atoms. The maximum atomic E-state index is 12.3. The monoisotopic (exact) mass is 348 g/mol. The van der Waals surface area contributed by atoms with Crippen molar-refractivity contribution in [2.75, 3.05) is 18.5 Å². The van der Waals surface area contributed by atoms with Gasteiger partial charge < -0.3 is 14.8 Å². The van der Waals surface area contributed by atoms with Crippen LogP contribution < -0.4 is 5.32 Å². The number of thiophene rings is 1. The number of rotatable bonds is 6. The zero-order chi connectivity index (χ0) is 17.5. The summed E-state index contributed by atoms with van der Waals surface area (Å²) in [6.07, 6.45) is 5.20. The number of nitrogens with one attached hydrogen (secondary N) is 1. The number of hydrogen-bond acceptors (Lipinski definition) is 7. The lowest BCUT2D eigenvalue weighted by Crippen LogP contribution is -2.11. The lowest BCUT2D eigenvalue weighted by Gasteiger charge is -2.12. The molecule has 0 atom stereocenters. The summed E-state index contributed by atoms with van der Waals surface area (Å²) in [5, 5.41) is 12.6. The molecule has 0 aromatic carbocycles. The van der Waals surface area contributed by atoms with Crippen LogP contribution in [0.3, 0.4) is 0 Å². The van der Waals surface area contributed by atoms with Crippen LogP contribution in [0.4, 0.5) is 5.00 Å². The molecule has 1 aromatic rings. The Labute approximate surface area is 145 Å². The van der Waals surface area contributed by atoms with Crippen LogP contribution in [0.2, 0.25) is 0 Å². The van der Waals surface area contributed by atoms with Crippen molar-refractivity contribution in [2.45, 2.75) is 39.5 Å². The van der Waals surface area contributed by atoms with Crippen molar-refractivity contribution in [2.24, 2.45) is 0 Å². The van der Waals surface area contributed by atoms with Crippen LogP contribution in [-0.4, -0.2) is 25.2 Å². The van der Waals surface area contributed by atoms with E-state index in [9.17, 15) is 9.59 Å². The molecule has 7 heteroatoms. The summed E-state index contributed by atoms with van der Waals surface area (Å²) >= 11 is 1.48. The van der Waals surface area contributed by atoms with E-state index in [2.05, 4.69) is 5.32 Å². The van der Waals surface area contributed by atoms with Crippen LogP contribution in [0.5, 0.6) is 0 Å². The first-order chi connectivity index (χ1) is 11.6. The normalized spacial score (nSPS) is 13.6. The van der Waals surface area contributed by atoms with Crippen molar-refractivity contribution in [3.05, 3.63) is 27.8 Å². The maximum absolute atomic E-state index is 12.3. The molecule has 0 bridgehead atoms. The Bertz CT molecular complexity index is 700. The molecule has 6 nitrogen and oxygen atoms in total. The number of anilines is 1. The zero-order valence-electron chi connectivity index (χ0n) is 13.8. The van der Waals surface area contributed by atoms with E-state index in [1.165, 1.54) is 17.5 Å². The molecular formula is C17H20N2O4S. The number of aryl methyl sites for hydroxylation is 1. The first-order valence-electron chi connectivity index (χ1n) is 7.97. The molecule has 128 valence electrons. The molecule has 1 aliphatic carbocycles. The number of carbonyl (C=O) groups excluding carboxylic acids is 2. The third-order valence-electron chi connectivity index (χ3n) is 3.61. The van der Waals surface area contributed by atoms with Gasteiger partial charge in [0.15, 0.2) is 5.57 Å². The molecule has 0 fully saturated rings. The van der Waals surface area contributed by atoms with Gasteiger partial charge in [-0.1, -0.05) is 0 Å². The van der Waals surface area contributed by atoms with Crippen LogP contribution in [0.1, 0.15) is 47.5 Å². The zero-order valence-corrected chi connectivity index (χ0v) is 14.6. The molecule has 1 aromatic heterocycles. The molecule has 2 rings (SSSR count). The van der Waals surface area contributed by atoms with Crippen LogP contribution in [0.15, 0.2) is 11.8 Å². The SMILES string of the molecule is CCOC(=O)/C(C#N)=C/Nc1sc2c(c1C(=O)OCC)CCCC2. The summed E-state index contributed by atoms with van der Waals surface area (Å²) in [4.78, 5) is 25.1. The summed E-state index contributed by atoms with van der Waals surface area (Å²) in [7, 11) is 0. The van der Waals surface area contributed by atoms with Gasteiger partial charge in [-0.2, -0.15) is 5.26 Å². The first kappa shape index (κ1) is 18.0. The van der Waals surface area contributed by atoms with E-state index in [4.69, 9.17) is 14.7 Å². The van der Waals surface area contributed by atoms with Gasteiger partial charge in [0.25, 0.3) is 0 Å². The molecular weight excluding hydrogens is 328 g/mol. The van der Waals surface area contributed by atoms with Crippen LogP contribution in [0, 0.1) is 11.3 Å². The van der Waals surface area contributed by atoms with Crippen molar-refractivity contribution < 1.29 is 19.1 Å². The van der Waals surface area contributed by atoms with Crippen molar-refractivity contribution in [1.82, 2.24) is 0 Å². The third-order valence-corrected chi connectivity index (χ3v) is 4.84. The molecule has 0 radical (unpaired) electrons. The Morgan fingerprint density at radius 1 is 1.25 bits per heavy atom. The number of nitriles is 1. The highest BCUT2D eigenvalue weighted by Gasteiger charge is 2.26. The van der Waals surface area contributed by atoms with Gasteiger partial charge in [-0.25, -0.2) is 9.59 Å². The Morgan fingerprint density at radius 3 is 2.62 bits per heavy atom. The minimum Gasteiger partial charge on any atom is -0.462 e. The van der Waals surface area contributed by atoms with E-state index in [0.29, 0.717) is 17.2 Å². The minimum absolute atomic E-state index is 0.141. The number of carbonyl (C=O) groups is 2. The van der Waals surface area contributed by atoms with Gasteiger partial charge in [0.05, 0.1) is 18.8 Å². The Balaban J connectivity index is 2.32. The van der Waals surface area contributed by atoms with Gasteiger partial charge >= 0.3 is 11.9 Å². The van der Waals surface area contributed by atoms with Gasteiger partial charge in [-0.3, -0.25) is 0 Å². The second-order valence-corrected chi connectivity index (χ2v) is 6.28. The second kappa shape index (κ2) is 8.50. The number of esters is 2. The van der Waals surface area contributed by atoms with Crippen molar-refractivity contribution in [3.63, 3.8) is 0 Å². The lowest BCUT2D eigenvalue weighted by atomic mass is 9.95. The van der Waals surface area contributed by atoms with Crippen LogP contribution in [-0.2, 0) is 27.1 Å². The standard InChI is InChI=1S/C17H20N2O4S/c1-3-22-16(20)11(9-18)10-19-15-14(17(21)23-4-2)12-7-5-6-8-13(12)24-15/h10,19H,3-8H2,1-2H3/b11-10+. The molecule has 1 aliphatic rings. The van der Waals surface area contributed by atoms with Crippen LogP contribution >= 0.6 is 11.3 Å². The fraction of sp³-hybridized carbons (Fsp3) is 0.471. The molecule has 0 aliphatic heterocycles. The number of nitrogens with zero attached hydrogens (tertiary/aromatic N) is 1. The van der Waals surface area contributed by atoms with E-state index in [0.717, 1.165) is 36.1 Å². The number of ether oxygens (including phenoxy) is 2. The minimum atomic E-state index is -0.688. The molecule has 0 saturated carbocycles. The van der Waals surface area contributed by atoms with E-state index in [1.807, 2.05) is 0 Å². The van der Waals surface area contributed by atoms with Crippen molar-refractivity contribution in [1.29, 1.82) is 5.26 Å². The molecule has 0 spiro atoms. The highest BCUT2D eigenvalue weighted by molar-refractivity contribution is 7.16. The van der Waals surface area contributed by atoms with Gasteiger partial charge in [0, 0.05) is 11.1 Å². The van der Waals surface area contributed by atoms with E-state index in [1.54, 1.807) is 19.9 Å². The summed E-state index contributed by atoms with van der Waals surface area (Å²) in [6, 6.07) is 1.80. The molecule has 0 unspecified atom stereocenters. The Morgan fingerprint density at radius 2 is 1.96 bits per heavy atom. The van der Waals surface area contributed by atoms with Gasteiger partial charge in [-0.15, -0.1) is 11.3 Å². The average molecular weight is 348 g/mol. The van der Waals surface area contributed by atoms with Crippen molar-refractivity contribution in [3.8, 4) is 6.07 Å². The van der Waals surface area contributed by atoms with Crippen molar-refractivity contribution >= 4 is 28.3 Å². The smallest absolute Gasteiger partial charge is 0.350 e. The second-order valence-electron chi connectivity index (χ2n) is 5.17. The van der Waals surface area contributed by atoms with E-state index in [-0.39, 0.29) is 18.1 Å². The topological polar surface area (TPSA) is 88.4 Å². The molecule has 0 saturated heterocycles. The quantitative estimate of drug-likeness (QED) is 0.482. The van der Waals surface area contributed by atoms with E-state index >= 15 is 0 Å². The summed E-state index contributed by atoms with van der Waals surface area (Å²) in [5.74, 6) is -1.06. The van der Waals surface area contributed by atoms with Gasteiger partial charge in [-0.05, 0) is 45.1 Å². The van der Waals surface area contributed by atoms with Crippen LogP contribution in [0.25, 0.3) is 0 Å². The molecule has 0 amide bonds.